The molecule has 0 atom stereocenters. The van der Waals surface area contributed by atoms with Crippen LogP contribution in [0.2, 0.25) is 0 Å². The molecule has 2 heterocycles. The summed E-state index contributed by atoms with van der Waals surface area (Å²) in [5.74, 6) is 0.707. The first-order valence-electron chi connectivity index (χ1n) is 6.75. The van der Waals surface area contributed by atoms with Crippen LogP contribution in [0.4, 0.5) is 5.69 Å². The summed E-state index contributed by atoms with van der Waals surface area (Å²) < 4.78 is 2.64. The maximum absolute atomic E-state index is 12.3. The zero-order valence-corrected chi connectivity index (χ0v) is 14.7. The van der Waals surface area contributed by atoms with E-state index in [4.69, 9.17) is 0 Å². The minimum absolute atomic E-state index is 0.196. The lowest BCUT2D eigenvalue weighted by atomic mass is 10.2. The molecule has 0 saturated heterocycles. The number of hydrogen-bond acceptors (Lipinski definition) is 5. The van der Waals surface area contributed by atoms with Crippen LogP contribution in [-0.2, 0) is 0 Å². The van der Waals surface area contributed by atoms with Crippen LogP contribution in [0.3, 0.4) is 0 Å². The first-order valence-corrected chi connectivity index (χ1v) is 8.36. The van der Waals surface area contributed by atoms with E-state index in [1.54, 1.807) is 4.52 Å². The quantitative estimate of drug-likeness (QED) is 0.753. The number of nitrogens with zero attached hydrogens (tertiary/aromatic N) is 4. The number of aryl methyl sites for hydroxylation is 1. The molecule has 8 heteroatoms. The Kier molecular flexibility index (Phi) is 3.96. The molecule has 22 heavy (non-hydrogen) atoms. The van der Waals surface area contributed by atoms with Gasteiger partial charge < -0.3 is 5.32 Å². The fourth-order valence-corrected chi connectivity index (χ4v) is 2.98. The number of hydrogen-bond donors (Lipinski definition) is 1. The standard InChI is InChI=1S/C14H14BrN5OS/c1-7(2)11-17-18-14-20(11)19-13(22-14)12(21)16-9-4-5-10(15)8(3)6-9/h4-7H,1-3H3,(H,16,21). The third kappa shape index (κ3) is 2.76. The molecule has 0 bridgehead atoms. The SMILES string of the molecule is Cc1cc(NC(=O)c2nn3c(C(C)C)nnc3s2)ccc1Br. The second kappa shape index (κ2) is 5.77. The molecule has 3 aromatic rings. The number of carbonyl (C=O) groups excluding carboxylic acids is 1. The molecule has 0 spiro atoms. The van der Waals surface area contributed by atoms with Gasteiger partial charge in [0.1, 0.15) is 0 Å². The van der Waals surface area contributed by atoms with E-state index >= 15 is 0 Å². The molecule has 0 aliphatic carbocycles. The zero-order chi connectivity index (χ0) is 15.9. The minimum Gasteiger partial charge on any atom is -0.320 e. The Bertz CT molecular complexity index is 854. The van der Waals surface area contributed by atoms with Crippen LogP contribution in [0.25, 0.3) is 4.96 Å². The predicted molar refractivity (Wildman–Crippen MR) is 89.6 cm³/mol. The van der Waals surface area contributed by atoms with E-state index in [1.165, 1.54) is 11.3 Å². The molecule has 6 nitrogen and oxygen atoms in total. The largest absolute Gasteiger partial charge is 0.320 e. The van der Waals surface area contributed by atoms with Gasteiger partial charge in [-0.15, -0.1) is 15.3 Å². The van der Waals surface area contributed by atoms with Gasteiger partial charge in [0, 0.05) is 16.1 Å². The minimum atomic E-state index is -0.244. The average molecular weight is 380 g/mol. The number of rotatable bonds is 3. The number of anilines is 1. The lowest BCUT2D eigenvalue weighted by Gasteiger charge is -2.05. The zero-order valence-electron chi connectivity index (χ0n) is 12.3. The van der Waals surface area contributed by atoms with Gasteiger partial charge in [0.05, 0.1) is 0 Å². The molecular weight excluding hydrogens is 366 g/mol. The van der Waals surface area contributed by atoms with Gasteiger partial charge in [-0.3, -0.25) is 4.79 Å². The van der Waals surface area contributed by atoms with E-state index in [-0.39, 0.29) is 11.8 Å². The molecule has 1 amide bonds. The molecular formula is C14H14BrN5OS. The van der Waals surface area contributed by atoms with Crippen molar-refractivity contribution in [2.24, 2.45) is 0 Å². The summed E-state index contributed by atoms with van der Waals surface area (Å²) in [7, 11) is 0. The van der Waals surface area contributed by atoms with Gasteiger partial charge in [-0.05, 0) is 30.7 Å². The second-order valence-electron chi connectivity index (χ2n) is 5.23. The Morgan fingerprint density at radius 3 is 2.82 bits per heavy atom. The Morgan fingerprint density at radius 1 is 1.36 bits per heavy atom. The maximum atomic E-state index is 12.3. The van der Waals surface area contributed by atoms with Gasteiger partial charge >= 0.3 is 0 Å². The molecule has 114 valence electrons. The molecule has 1 N–H and O–H groups in total. The molecule has 2 aromatic heterocycles. The first kappa shape index (κ1) is 15.1. The number of nitrogens with one attached hydrogen (secondary N) is 1. The summed E-state index contributed by atoms with van der Waals surface area (Å²) in [4.78, 5) is 12.9. The molecule has 0 radical (unpaired) electrons. The van der Waals surface area contributed by atoms with E-state index in [0.717, 1.165) is 21.5 Å². The van der Waals surface area contributed by atoms with Gasteiger partial charge in [-0.25, -0.2) is 0 Å². The highest BCUT2D eigenvalue weighted by Crippen LogP contribution is 2.22. The van der Waals surface area contributed by atoms with Crippen molar-refractivity contribution in [3.8, 4) is 0 Å². The summed E-state index contributed by atoms with van der Waals surface area (Å²) in [5, 5.41) is 15.7. The average Bonchev–Trinajstić information content (AvgIpc) is 3.02. The van der Waals surface area contributed by atoms with Gasteiger partial charge in [0.25, 0.3) is 5.91 Å². The van der Waals surface area contributed by atoms with Crippen molar-refractivity contribution in [2.45, 2.75) is 26.7 Å². The lowest BCUT2D eigenvalue weighted by molar-refractivity contribution is 0.102. The molecule has 0 fully saturated rings. The number of benzene rings is 1. The van der Waals surface area contributed by atoms with E-state index in [0.29, 0.717) is 9.97 Å². The number of halogens is 1. The fourth-order valence-electron chi connectivity index (χ4n) is 1.99. The van der Waals surface area contributed by atoms with Crippen LogP contribution in [-0.4, -0.2) is 25.7 Å². The number of amides is 1. The van der Waals surface area contributed by atoms with Crippen LogP contribution >= 0.6 is 27.3 Å². The van der Waals surface area contributed by atoms with E-state index in [9.17, 15) is 4.79 Å². The summed E-state index contributed by atoms with van der Waals surface area (Å²) in [6.07, 6.45) is 0. The summed E-state index contributed by atoms with van der Waals surface area (Å²) in [6.45, 7) is 6.00. The van der Waals surface area contributed by atoms with Crippen molar-refractivity contribution in [3.05, 3.63) is 39.1 Å². The molecule has 0 unspecified atom stereocenters. The van der Waals surface area contributed by atoms with Crippen molar-refractivity contribution in [2.75, 3.05) is 5.32 Å². The van der Waals surface area contributed by atoms with Crippen LogP contribution in [0.15, 0.2) is 22.7 Å². The van der Waals surface area contributed by atoms with Crippen LogP contribution < -0.4 is 5.32 Å². The van der Waals surface area contributed by atoms with Crippen LogP contribution in [0.5, 0.6) is 0 Å². The Morgan fingerprint density at radius 2 is 2.14 bits per heavy atom. The third-order valence-electron chi connectivity index (χ3n) is 3.14. The monoisotopic (exact) mass is 379 g/mol. The number of aromatic nitrogens is 4. The molecule has 3 rings (SSSR count). The van der Waals surface area contributed by atoms with Crippen molar-refractivity contribution in [3.63, 3.8) is 0 Å². The highest BCUT2D eigenvalue weighted by molar-refractivity contribution is 9.10. The molecule has 0 aliphatic rings. The molecule has 0 aliphatic heterocycles. The summed E-state index contributed by atoms with van der Waals surface area (Å²) >= 11 is 4.67. The Hall–Kier alpha value is -1.80. The van der Waals surface area contributed by atoms with E-state index in [2.05, 4.69) is 36.5 Å². The van der Waals surface area contributed by atoms with Gasteiger partial charge in [0.2, 0.25) is 9.97 Å². The summed E-state index contributed by atoms with van der Waals surface area (Å²) in [6, 6.07) is 5.65. The van der Waals surface area contributed by atoms with Crippen molar-refractivity contribution in [1.29, 1.82) is 0 Å². The third-order valence-corrected chi connectivity index (χ3v) is 4.93. The Labute approximate surface area is 139 Å². The topological polar surface area (TPSA) is 72.2 Å². The highest BCUT2D eigenvalue weighted by atomic mass is 79.9. The van der Waals surface area contributed by atoms with Gasteiger partial charge in [-0.1, -0.05) is 41.1 Å². The van der Waals surface area contributed by atoms with Gasteiger partial charge in [0.15, 0.2) is 5.82 Å². The summed E-state index contributed by atoms with van der Waals surface area (Å²) in [5.41, 5.74) is 1.79. The van der Waals surface area contributed by atoms with Crippen molar-refractivity contribution in [1.82, 2.24) is 19.8 Å². The fraction of sp³-hybridized carbons (Fsp3) is 0.286. The molecule has 1 aromatic carbocycles. The predicted octanol–water partition coefficient (Wildman–Crippen LogP) is 3.63. The van der Waals surface area contributed by atoms with E-state index < -0.39 is 0 Å². The smallest absolute Gasteiger partial charge is 0.286 e. The Balaban J connectivity index is 1.87. The number of fused-ring (bicyclic) bond motifs is 1. The van der Waals surface area contributed by atoms with Crippen LogP contribution in [0.1, 0.15) is 41.0 Å². The second-order valence-corrected chi connectivity index (χ2v) is 7.04. The van der Waals surface area contributed by atoms with Crippen LogP contribution in [0, 0.1) is 6.92 Å². The lowest BCUT2D eigenvalue weighted by Crippen LogP contribution is -2.12. The van der Waals surface area contributed by atoms with E-state index in [1.807, 2.05) is 39.0 Å². The van der Waals surface area contributed by atoms with Crippen molar-refractivity contribution >= 4 is 43.8 Å². The first-order chi connectivity index (χ1) is 10.5. The molecule has 0 saturated carbocycles. The highest BCUT2D eigenvalue weighted by Gasteiger charge is 2.18. The van der Waals surface area contributed by atoms with Crippen molar-refractivity contribution < 1.29 is 4.79 Å². The van der Waals surface area contributed by atoms with Gasteiger partial charge in [-0.2, -0.15) is 4.52 Å². The maximum Gasteiger partial charge on any atom is 0.286 e. The normalized spacial score (nSPS) is 11.3. The number of carbonyl (C=O) groups is 1.